The molecule has 1 unspecified atom stereocenters. The summed E-state index contributed by atoms with van der Waals surface area (Å²) in [6.45, 7) is 3.65. The van der Waals surface area contributed by atoms with Crippen LogP contribution < -0.4 is 5.73 Å². The minimum Gasteiger partial charge on any atom is -0.466 e. The zero-order valence-electron chi connectivity index (χ0n) is 13.4. The quantitative estimate of drug-likeness (QED) is 0.241. The molecule has 9 nitrogen and oxygen atoms in total. The highest BCUT2D eigenvalue weighted by Gasteiger charge is 2.35. The lowest BCUT2D eigenvalue weighted by Crippen LogP contribution is -2.51. The largest absolute Gasteiger partial charge is 0.466 e. The Morgan fingerprint density at radius 2 is 2.00 bits per heavy atom. The third-order valence-corrected chi connectivity index (χ3v) is 3.42. The van der Waals surface area contributed by atoms with E-state index in [9.17, 15) is 24.5 Å². The number of esters is 2. The molecule has 1 aromatic heterocycles. The third-order valence-electron chi connectivity index (χ3n) is 2.60. The summed E-state index contributed by atoms with van der Waals surface area (Å²) in [7, 11) is 0. The molecule has 1 rings (SSSR count). The van der Waals surface area contributed by atoms with Crippen LogP contribution in [0.25, 0.3) is 0 Å². The number of nitrogens with zero attached hydrogens (tertiary/aromatic N) is 1. The molecule has 1 aromatic rings. The van der Waals surface area contributed by atoms with Gasteiger partial charge in [0.05, 0.1) is 18.1 Å². The molecule has 0 aliphatic rings. The van der Waals surface area contributed by atoms with Crippen molar-refractivity contribution >= 4 is 34.6 Å². The first-order valence-corrected chi connectivity index (χ1v) is 7.94. The van der Waals surface area contributed by atoms with Crippen molar-refractivity contribution in [3.8, 4) is 0 Å². The van der Waals surface area contributed by atoms with Crippen molar-refractivity contribution in [1.29, 1.82) is 0 Å². The number of ether oxygens (including phenoxy) is 2. The Hall–Kier alpha value is -2.33. The van der Waals surface area contributed by atoms with E-state index in [2.05, 4.69) is 9.47 Å². The Labute approximate surface area is 142 Å². The maximum absolute atomic E-state index is 11.3. The van der Waals surface area contributed by atoms with Crippen molar-refractivity contribution in [2.24, 2.45) is 5.73 Å². The van der Waals surface area contributed by atoms with Crippen LogP contribution in [0, 0.1) is 10.1 Å². The highest BCUT2D eigenvalue weighted by atomic mass is 32.1. The summed E-state index contributed by atoms with van der Waals surface area (Å²) in [6, 6.07) is 3.13. The molecule has 0 fully saturated rings. The Morgan fingerprint density at radius 1 is 1.38 bits per heavy atom. The second-order valence-corrected chi connectivity index (χ2v) is 5.32. The predicted octanol–water partition coefficient (Wildman–Crippen LogP) is 1.45. The molecule has 134 valence electrons. The third kappa shape index (κ3) is 7.79. The molecule has 0 saturated carbocycles. The zero-order chi connectivity index (χ0) is 18.6. The van der Waals surface area contributed by atoms with Crippen molar-refractivity contribution < 1.29 is 28.8 Å². The minimum atomic E-state index is -1.76. The molecule has 2 N–H and O–H groups in total. The first-order chi connectivity index (χ1) is 11.3. The van der Waals surface area contributed by atoms with E-state index in [-0.39, 0.29) is 31.1 Å². The first-order valence-electron chi connectivity index (χ1n) is 7.06. The van der Waals surface area contributed by atoms with Crippen LogP contribution in [0.3, 0.4) is 0 Å². The highest BCUT2D eigenvalue weighted by molar-refractivity contribution is 7.13. The van der Waals surface area contributed by atoms with E-state index in [0.717, 1.165) is 11.3 Å². The van der Waals surface area contributed by atoms with Crippen LogP contribution in [0.5, 0.6) is 0 Å². The second kappa shape index (κ2) is 11.2. The van der Waals surface area contributed by atoms with Gasteiger partial charge in [-0.15, -0.1) is 0 Å². The van der Waals surface area contributed by atoms with Gasteiger partial charge in [0, 0.05) is 12.5 Å². The molecule has 1 atom stereocenters. The van der Waals surface area contributed by atoms with Crippen molar-refractivity contribution in [2.45, 2.75) is 32.2 Å². The lowest BCUT2D eigenvalue weighted by Gasteiger charge is -2.19. The number of nitrogens with two attached hydrogens (primary N) is 1. The van der Waals surface area contributed by atoms with Crippen molar-refractivity contribution in [2.75, 3.05) is 13.2 Å². The molecule has 0 radical (unpaired) electrons. The number of rotatable bonds is 8. The van der Waals surface area contributed by atoms with Crippen molar-refractivity contribution in [3.05, 3.63) is 27.6 Å². The molecule has 0 aromatic carbocycles. The number of aldehydes is 1. The van der Waals surface area contributed by atoms with Crippen LogP contribution >= 0.6 is 11.3 Å². The van der Waals surface area contributed by atoms with Gasteiger partial charge in [-0.1, -0.05) is 11.3 Å². The van der Waals surface area contributed by atoms with Crippen LogP contribution in [0.15, 0.2) is 17.5 Å². The molecule has 0 bridgehead atoms. The number of hydrogen-bond donors (Lipinski definition) is 1. The van der Waals surface area contributed by atoms with Gasteiger partial charge in [0.25, 0.3) is 0 Å². The average Bonchev–Trinajstić information content (AvgIpc) is 3.08. The fraction of sp³-hybridized carbons (Fsp3) is 0.500. The molecule has 0 amide bonds. The Kier molecular flexibility index (Phi) is 10.2. The number of thiophene rings is 1. The fourth-order valence-electron chi connectivity index (χ4n) is 1.39. The molecule has 0 saturated heterocycles. The summed E-state index contributed by atoms with van der Waals surface area (Å²) in [6.07, 6.45) is 0.0836. The number of hydrogen-bond acceptors (Lipinski definition) is 9. The number of carbonyl (C=O) groups excluding carboxylic acids is 3. The average molecular weight is 360 g/mol. The lowest BCUT2D eigenvalue weighted by atomic mass is 9.97. The van der Waals surface area contributed by atoms with Gasteiger partial charge in [-0.3, -0.25) is 14.9 Å². The van der Waals surface area contributed by atoms with Crippen molar-refractivity contribution in [3.63, 3.8) is 0 Å². The Balaban J connectivity index is 0.000000546. The lowest BCUT2D eigenvalue weighted by molar-refractivity contribution is -0.380. The molecule has 0 aliphatic heterocycles. The normalized spacial score (nSPS) is 12.1. The van der Waals surface area contributed by atoms with Crippen LogP contribution in [-0.2, 0) is 23.9 Å². The van der Waals surface area contributed by atoms with E-state index < -0.39 is 22.4 Å². The van der Waals surface area contributed by atoms with E-state index in [1.54, 1.807) is 25.3 Å². The van der Waals surface area contributed by atoms with Gasteiger partial charge < -0.3 is 20.0 Å². The van der Waals surface area contributed by atoms with Crippen LogP contribution in [-0.4, -0.2) is 41.9 Å². The first kappa shape index (κ1) is 21.7. The summed E-state index contributed by atoms with van der Waals surface area (Å²) >= 11 is 1.13. The maximum atomic E-state index is 11.3. The van der Waals surface area contributed by atoms with E-state index in [4.69, 9.17) is 5.73 Å². The van der Waals surface area contributed by atoms with Crippen LogP contribution in [0.1, 0.15) is 26.7 Å². The summed E-state index contributed by atoms with van der Waals surface area (Å²) < 4.78 is 9.30. The van der Waals surface area contributed by atoms with Gasteiger partial charge in [-0.25, -0.2) is 4.79 Å². The van der Waals surface area contributed by atoms with Crippen LogP contribution in [0.2, 0.25) is 0 Å². The zero-order valence-corrected chi connectivity index (χ0v) is 14.2. The molecular weight excluding hydrogens is 340 g/mol. The minimum absolute atomic E-state index is 0.0953. The van der Waals surface area contributed by atoms with Gasteiger partial charge in [0.2, 0.25) is 0 Å². The molecule has 1 heterocycles. The standard InChI is InChI=1S/C10H17NO5.C4H3NO2S/c1-3-15-8(13)5-6-10(11,7-12)9(14)16-4-2;6-5(7)4-2-1-3-8-4/h7H,3-6,11H2,1-2H3;1-3H. The maximum Gasteiger partial charge on any atom is 0.333 e. The van der Waals surface area contributed by atoms with Gasteiger partial charge in [0.1, 0.15) is 0 Å². The van der Waals surface area contributed by atoms with E-state index in [1.807, 2.05) is 0 Å². The summed E-state index contributed by atoms with van der Waals surface area (Å²) in [5.74, 6) is -1.32. The monoisotopic (exact) mass is 360 g/mol. The van der Waals surface area contributed by atoms with E-state index in [0.29, 0.717) is 6.29 Å². The Morgan fingerprint density at radius 3 is 2.38 bits per heavy atom. The number of carbonyl (C=O) groups is 3. The SMILES string of the molecule is CCOC(=O)CCC(N)(C=O)C(=O)OCC.O=[N+]([O-])c1cccs1. The topological polar surface area (TPSA) is 139 Å². The van der Waals surface area contributed by atoms with E-state index >= 15 is 0 Å². The summed E-state index contributed by atoms with van der Waals surface area (Å²) in [5.41, 5.74) is 3.76. The Bertz CT molecular complexity index is 547. The molecule has 24 heavy (non-hydrogen) atoms. The van der Waals surface area contributed by atoms with Gasteiger partial charge in [0.15, 0.2) is 11.8 Å². The highest BCUT2D eigenvalue weighted by Crippen LogP contribution is 2.16. The molecule has 0 spiro atoms. The fourth-order valence-corrected chi connectivity index (χ4v) is 1.93. The molecule has 10 heteroatoms. The van der Waals surface area contributed by atoms with E-state index in [1.165, 1.54) is 6.07 Å². The predicted molar refractivity (Wildman–Crippen MR) is 86.5 cm³/mol. The number of nitro groups is 1. The smallest absolute Gasteiger partial charge is 0.333 e. The van der Waals surface area contributed by atoms with Gasteiger partial charge >= 0.3 is 16.9 Å². The summed E-state index contributed by atoms with van der Waals surface area (Å²) in [5, 5.41) is 11.8. The molecule has 0 aliphatic carbocycles. The van der Waals surface area contributed by atoms with Gasteiger partial charge in [-0.2, -0.15) is 0 Å². The summed E-state index contributed by atoms with van der Waals surface area (Å²) in [4.78, 5) is 42.6. The van der Waals surface area contributed by atoms with Crippen molar-refractivity contribution in [1.82, 2.24) is 0 Å². The molecular formula is C14H20N2O7S. The second-order valence-electron chi connectivity index (χ2n) is 4.39. The van der Waals surface area contributed by atoms with Crippen LogP contribution in [0.4, 0.5) is 5.00 Å². The van der Waals surface area contributed by atoms with Gasteiger partial charge in [-0.05, 0) is 31.7 Å².